The lowest BCUT2D eigenvalue weighted by atomic mass is 9.90. The van der Waals surface area contributed by atoms with E-state index >= 15 is 4.39 Å². The lowest BCUT2D eigenvalue weighted by Gasteiger charge is -2.43. The molecule has 0 aliphatic carbocycles. The molecule has 1 fully saturated rings. The van der Waals surface area contributed by atoms with Crippen LogP contribution in [0, 0.1) is 17.6 Å². The van der Waals surface area contributed by atoms with Gasteiger partial charge >= 0.3 is 12.1 Å². The van der Waals surface area contributed by atoms with Gasteiger partial charge < -0.3 is 19.3 Å². The second-order valence-electron chi connectivity index (χ2n) is 9.96. The highest BCUT2D eigenvalue weighted by Gasteiger charge is 2.40. The molecule has 0 bridgehead atoms. The first-order valence-electron chi connectivity index (χ1n) is 13.1. The van der Waals surface area contributed by atoms with E-state index in [0.29, 0.717) is 37.3 Å². The van der Waals surface area contributed by atoms with E-state index < -0.39 is 29.6 Å². The van der Waals surface area contributed by atoms with E-state index in [-0.39, 0.29) is 35.5 Å². The summed E-state index contributed by atoms with van der Waals surface area (Å²) in [4.78, 5) is 20.2. The topological polar surface area (TPSA) is 54.4 Å². The summed E-state index contributed by atoms with van der Waals surface area (Å²) in [5.74, 6) is -1.29. The van der Waals surface area contributed by atoms with Crippen molar-refractivity contribution in [2.75, 3.05) is 36.6 Å². The molecule has 0 aromatic heterocycles. The van der Waals surface area contributed by atoms with Crippen LogP contribution < -0.4 is 14.5 Å². The van der Waals surface area contributed by atoms with Crippen LogP contribution in [-0.2, 0) is 15.7 Å². The van der Waals surface area contributed by atoms with E-state index in [1.807, 2.05) is 0 Å². The maximum absolute atomic E-state index is 15.1. The number of esters is 1. The fourth-order valence-corrected chi connectivity index (χ4v) is 5.43. The maximum atomic E-state index is 15.1. The normalized spacial score (nSPS) is 17.6. The molecule has 3 aromatic rings. The van der Waals surface area contributed by atoms with Crippen LogP contribution in [0.2, 0.25) is 0 Å². The highest BCUT2D eigenvalue weighted by Crippen LogP contribution is 2.46. The van der Waals surface area contributed by atoms with Gasteiger partial charge in [-0.1, -0.05) is 12.1 Å². The fourth-order valence-electron chi connectivity index (χ4n) is 5.43. The van der Waals surface area contributed by atoms with Crippen molar-refractivity contribution in [1.29, 1.82) is 0 Å². The van der Waals surface area contributed by atoms with Crippen LogP contribution in [0.4, 0.5) is 39.0 Å². The molecule has 6 nitrogen and oxygen atoms in total. The summed E-state index contributed by atoms with van der Waals surface area (Å²) in [5.41, 5.74) is 0.459. The van der Waals surface area contributed by atoms with E-state index in [1.54, 1.807) is 23.1 Å². The first-order chi connectivity index (χ1) is 19.6. The number of carbonyl (C=O) groups is 1. The third-order valence-corrected chi connectivity index (χ3v) is 7.42. The highest BCUT2D eigenvalue weighted by atomic mass is 19.4. The predicted octanol–water partition coefficient (Wildman–Crippen LogP) is 7.06. The smallest absolute Gasteiger partial charge is 0.416 e. The van der Waals surface area contributed by atoms with Crippen LogP contribution in [0.25, 0.3) is 0 Å². The number of carbonyl (C=O) groups excluding carboxylic acids is 1. The number of aliphatic imine (C=N–C) groups is 1. The Kier molecular flexibility index (Phi) is 7.88. The van der Waals surface area contributed by atoms with Gasteiger partial charge in [0.1, 0.15) is 35.5 Å². The summed E-state index contributed by atoms with van der Waals surface area (Å²) in [6, 6.07) is 12.8. The molecular weight excluding hydrogens is 545 g/mol. The summed E-state index contributed by atoms with van der Waals surface area (Å²) in [7, 11) is 1.35. The molecule has 0 spiro atoms. The van der Waals surface area contributed by atoms with Crippen molar-refractivity contribution in [3.63, 3.8) is 0 Å². The lowest BCUT2D eigenvalue weighted by molar-refractivity contribution is -0.141. The van der Waals surface area contributed by atoms with Crippen LogP contribution >= 0.6 is 0 Å². The van der Waals surface area contributed by atoms with E-state index in [2.05, 4.69) is 4.90 Å². The average Bonchev–Trinajstić information content (AvgIpc) is 2.95. The number of nitrogens with zero attached hydrogens (tertiary/aromatic N) is 3. The van der Waals surface area contributed by atoms with Gasteiger partial charge in [-0.3, -0.25) is 4.79 Å². The Balaban J connectivity index is 1.61. The summed E-state index contributed by atoms with van der Waals surface area (Å²) >= 11 is 0. The van der Waals surface area contributed by atoms with Gasteiger partial charge in [-0.15, -0.1) is 0 Å². The Morgan fingerprint density at radius 1 is 1.02 bits per heavy atom. The Morgan fingerprint density at radius 3 is 2.37 bits per heavy atom. The van der Waals surface area contributed by atoms with Crippen molar-refractivity contribution in [3.05, 3.63) is 83.4 Å². The third-order valence-electron chi connectivity index (χ3n) is 7.42. The fraction of sp³-hybridized carbons (Fsp3) is 0.333. The second kappa shape index (κ2) is 11.4. The van der Waals surface area contributed by atoms with Crippen molar-refractivity contribution in [2.24, 2.45) is 10.9 Å². The Bertz CT molecular complexity index is 1450. The van der Waals surface area contributed by atoms with Gasteiger partial charge in [-0.25, -0.2) is 13.8 Å². The first-order valence-corrected chi connectivity index (χ1v) is 13.1. The van der Waals surface area contributed by atoms with E-state index in [0.717, 1.165) is 17.8 Å². The van der Waals surface area contributed by atoms with Gasteiger partial charge in [0, 0.05) is 37.2 Å². The minimum absolute atomic E-state index is 0.0582. The van der Waals surface area contributed by atoms with E-state index in [1.165, 1.54) is 44.4 Å². The molecule has 41 heavy (non-hydrogen) atoms. The number of fused-ring (bicyclic) bond motifs is 1. The molecular formula is C30H28F5N3O3. The SMILES string of the molecule is COc1ccc(C(F)(F)F)cc1N1C(C2CCN(c3ccc(F)cc3)CC2)=Nc2c(F)cccc2C1COC(C)=O. The van der Waals surface area contributed by atoms with Crippen molar-refractivity contribution in [3.8, 4) is 5.75 Å². The number of alkyl halides is 3. The number of para-hydroxylation sites is 1. The van der Waals surface area contributed by atoms with Crippen molar-refractivity contribution in [1.82, 2.24) is 0 Å². The largest absolute Gasteiger partial charge is 0.495 e. The molecule has 0 amide bonds. The molecule has 216 valence electrons. The summed E-state index contributed by atoms with van der Waals surface area (Å²) < 4.78 is 81.0. The average molecular weight is 574 g/mol. The molecule has 2 aliphatic rings. The van der Waals surface area contributed by atoms with Gasteiger partial charge in [0.2, 0.25) is 0 Å². The number of hydrogen-bond acceptors (Lipinski definition) is 6. The number of anilines is 2. The van der Waals surface area contributed by atoms with Crippen molar-refractivity contribution in [2.45, 2.75) is 32.0 Å². The van der Waals surface area contributed by atoms with Crippen molar-refractivity contribution < 1.29 is 36.2 Å². The molecule has 1 atom stereocenters. The zero-order valence-corrected chi connectivity index (χ0v) is 22.4. The Morgan fingerprint density at radius 2 is 1.73 bits per heavy atom. The van der Waals surface area contributed by atoms with Gasteiger partial charge in [-0.2, -0.15) is 13.2 Å². The molecule has 1 unspecified atom stereocenters. The van der Waals surface area contributed by atoms with Crippen LogP contribution in [-0.4, -0.2) is 38.6 Å². The zero-order valence-electron chi connectivity index (χ0n) is 22.4. The minimum atomic E-state index is -4.63. The van der Waals surface area contributed by atoms with Crippen molar-refractivity contribution >= 4 is 28.9 Å². The summed E-state index contributed by atoms with van der Waals surface area (Å²) in [6.07, 6.45) is -3.56. The van der Waals surface area contributed by atoms with Crippen LogP contribution in [0.15, 0.2) is 65.7 Å². The standard InChI is InChI=1S/C30H28F5N3O3/c1-18(39)41-17-26-23-4-3-5-24(32)28(23)36-29(19-12-14-37(15-13-19)22-9-7-21(31)8-10-22)38(26)25-16-20(30(33,34)35)6-11-27(25)40-2/h3-11,16,19,26H,12-15,17H2,1-2H3. The lowest BCUT2D eigenvalue weighted by Crippen LogP contribution is -2.47. The second-order valence-corrected chi connectivity index (χ2v) is 9.96. The number of amidine groups is 1. The van der Waals surface area contributed by atoms with Crippen LogP contribution in [0.5, 0.6) is 5.75 Å². The number of hydrogen-bond donors (Lipinski definition) is 0. The number of piperidine rings is 1. The zero-order chi connectivity index (χ0) is 29.3. The first kappa shape index (κ1) is 28.4. The molecule has 0 N–H and O–H groups in total. The quantitative estimate of drug-likeness (QED) is 0.233. The summed E-state index contributed by atoms with van der Waals surface area (Å²) in [5, 5.41) is 0. The van der Waals surface area contributed by atoms with Gasteiger partial charge in [0.15, 0.2) is 0 Å². The summed E-state index contributed by atoms with van der Waals surface area (Å²) in [6.45, 7) is 2.09. The molecule has 2 heterocycles. The van der Waals surface area contributed by atoms with Crippen LogP contribution in [0.3, 0.4) is 0 Å². The number of benzene rings is 3. The molecule has 11 heteroatoms. The number of ether oxygens (including phenoxy) is 2. The Labute approximate surface area is 234 Å². The minimum Gasteiger partial charge on any atom is -0.495 e. The van der Waals surface area contributed by atoms with Gasteiger partial charge in [0.25, 0.3) is 0 Å². The predicted molar refractivity (Wildman–Crippen MR) is 145 cm³/mol. The highest BCUT2D eigenvalue weighted by molar-refractivity contribution is 6.04. The molecule has 0 saturated carbocycles. The van der Waals surface area contributed by atoms with E-state index in [4.69, 9.17) is 14.5 Å². The Hall–Kier alpha value is -4.15. The molecule has 1 saturated heterocycles. The molecule has 3 aromatic carbocycles. The molecule has 0 radical (unpaired) electrons. The monoisotopic (exact) mass is 573 g/mol. The maximum Gasteiger partial charge on any atom is 0.416 e. The number of rotatable bonds is 6. The molecule has 5 rings (SSSR count). The van der Waals surface area contributed by atoms with Crippen LogP contribution in [0.1, 0.15) is 36.9 Å². The number of halogens is 5. The van der Waals surface area contributed by atoms with Gasteiger partial charge in [0.05, 0.1) is 24.4 Å². The third kappa shape index (κ3) is 5.84. The van der Waals surface area contributed by atoms with E-state index in [9.17, 15) is 22.4 Å². The molecule has 2 aliphatic heterocycles. The number of methoxy groups -OCH3 is 1. The van der Waals surface area contributed by atoms with Gasteiger partial charge in [-0.05, 0) is 61.4 Å².